The Hall–Kier alpha value is -2.88. The molecule has 0 saturated heterocycles. The van der Waals surface area contributed by atoms with Gasteiger partial charge in [0.1, 0.15) is 23.8 Å². The molecule has 4 atom stereocenters. The number of nitrogens with one attached hydrogen (secondary N) is 1. The molecule has 1 unspecified atom stereocenters. The molecule has 9 heteroatoms. The number of aliphatic hydroxyl groups is 2. The van der Waals surface area contributed by atoms with Gasteiger partial charge in [-0.25, -0.2) is 8.78 Å². The molecule has 238 valence electrons. The Morgan fingerprint density at radius 2 is 1.56 bits per heavy atom. The maximum atomic E-state index is 14.0. The van der Waals surface area contributed by atoms with E-state index in [1.807, 2.05) is 20.8 Å². The lowest BCUT2D eigenvalue weighted by atomic mass is 9.86. The van der Waals surface area contributed by atoms with E-state index in [2.05, 4.69) is 5.32 Å². The van der Waals surface area contributed by atoms with Gasteiger partial charge in [0.2, 0.25) is 0 Å². The first-order valence-corrected chi connectivity index (χ1v) is 15.7. The van der Waals surface area contributed by atoms with Crippen LogP contribution < -0.4 is 5.32 Å². The number of rotatable bonds is 15. The zero-order valence-electron chi connectivity index (χ0n) is 26.0. The minimum absolute atomic E-state index is 0.101. The van der Waals surface area contributed by atoms with E-state index in [1.54, 1.807) is 24.0 Å². The van der Waals surface area contributed by atoms with Gasteiger partial charge in [0, 0.05) is 30.3 Å². The topological polar surface area (TPSA) is 99.1 Å². The highest BCUT2D eigenvalue weighted by molar-refractivity contribution is 6.00. The second-order valence-corrected chi connectivity index (χ2v) is 11.9. The fourth-order valence-corrected chi connectivity index (χ4v) is 5.92. The fourth-order valence-electron chi connectivity index (χ4n) is 5.92. The summed E-state index contributed by atoms with van der Waals surface area (Å²) in [6.07, 6.45) is 4.10. The van der Waals surface area contributed by atoms with E-state index in [0.29, 0.717) is 30.1 Å². The van der Waals surface area contributed by atoms with Crippen molar-refractivity contribution in [1.29, 1.82) is 0 Å². The fraction of sp³-hybridized carbons (Fsp3) is 0.588. The number of amides is 2. The Bertz CT molecular complexity index is 1180. The summed E-state index contributed by atoms with van der Waals surface area (Å²) in [5.41, 5.74) is 1.50. The van der Waals surface area contributed by atoms with Gasteiger partial charge in [-0.3, -0.25) is 9.59 Å². The number of ether oxygens (including phenoxy) is 1. The Balaban J connectivity index is 1.80. The number of hydrogen-bond acceptors (Lipinski definition) is 5. The Kier molecular flexibility index (Phi) is 13.5. The van der Waals surface area contributed by atoms with Gasteiger partial charge < -0.3 is 25.2 Å². The predicted octanol–water partition coefficient (Wildman–Crippen LogP) is 5.58. The third-order valence-electron chi connectivity index (χ3n) is 8.21. The number of halogens is 2. The molecule has 43 heavy (non-hydrogen) atoms. The maximum absolute atomic E-state index is 14.0. The van der Waals surface area contributed by atoms with Crippen molar-refractivity contribution in [3.8, 4) is 0 Å². The molecule has 0 heterocycles. The Morgan fingerprint density at radius 3 is 2.16 bits per heavy atom. The van der Waals surface area contributed by atoms with E-state index in [4.69, 9.17) is 4.74 Å². The van der Waals surface area contributed by atoms with E-state index in [9.17, 15) is 28.6 Å². The molecule has 2 aromatic rings. The summed E-state index contributed by atoms with van der Waals surface area (Å²) in [5.74, 6) is -1.95. The van der Waals surface area contributed by atoms with Crippen molar-refractivity contribution in [3.05, 3.63) is 70.3 Å². The van der Waals surface area contributed by atoms with Crippen LogP contribution in [0.15, 0.2) is 36.4 Å². The lowest BCUT2D eigenvalue weighted by molar-refractivity contribution is -0.0806. The van der Waals surface area contributed by atoms with Gasteiger partial charge in [-0.1, -0.05) is 33.1 Å². The molecule has 1 aliphatic carbocycles. The van der Waals surface area contributed by atoms with Gasteiger partial charge in [-0.05, 0) is 93.3 Å². The van der Waals surface area contributed by atoms with Crippen molar-refractivity contribution >= 4 is 11.8 Å². The highest BCUT2D eigenvalue weighted by Crippen LogP contribution is 2.28. The minimum atomic E-state index is -1.50. The lowest BCUT2D eigenvalue weighted by Crippen LogP contribution is -2.51. The third kappa shape index (κ3) is 10.4. The molecule has 1 aliphatic rings. The van der Waals surface area contributed by atoms with Gasteiger partial charge in [-0.15, -0.1) is 0 Å². The molecule has 7 nitrogen and oxygen atoms in total. The molecular weight excluding hydrogens is 554 g/mol. The molecule has 2 amide bonds. The highest BCUT2D eigenvalue weighted by atomic mass is 19.1. The zero-order valence-corrected chi connectivity index (χ0v) is 26.0. The lowest BCUT2D eigenvalue weighted by Gasteiger charge is -2.31. The maximum Gasteiger partial charge on any atom is 0.253 e. The second-order valence-electron chi connectivity index (χ2n) is 11.9. The largest absolute Gasteiger partial charge is 0.388 e. The van der Waals surface area contributed by atoms with Crippen LogP contribution in [0.5, 0.6) is 0 Å². The molecule has 0 bridgehead atoms. The summed E-state index contributed by atoms with van der Waals surface area (Å²) >= 11 is 0. The molecule has 1 saturated carbocycles. The number of aryl methyl sites for hydroxylation is 1. The highest BCUT2D eigenvalue weighted by Gasteiger charge is 2.31. The normalized spacial score (nSPS) is 16.7. The van der Waals surface area contributed by atoms with Crippen LogP contribution >= 0.6 is 0 Å². The number of hydrogen-bond donors (Lipinski definition) is 3. The molecule has 1 fully saturated rings. The van der Waals surface area contributed by atoms with Crippen LogP contribution in [0.2, 0.25) is 0 Å². The van der Waals surface area contributed by atoms with Crippen LogP contribution in [-0.2, 0) is 11.2 Å². The molecule has 3 rings (SSSR count). The van der Waals surface area contributed by atoms with Crippen molar-refractivity contribution in [2.75, 3.05) is 19.7 Å². The van der Waals surface area contributed by atoms with E-state index in [-0.39, 0.29) is 36.2 Å². The van der Waals surface area contributed by atoms with Gasteiger partial charge in [0.25, 0.3) is 11.8 Å². The quantitative estimate of drug-likeness (QED) is 0.247. The van der Waals surface area contributed by atoms with Crippen LogP contribution in [-0.4, -0.2) is 71.0 Å². The van der Waals surface area contributed by atoms with Crippen molar-refractivity contribution in [3.63, 3.8) is 0 Å². The molecule has 0 spiro atoms. The third-order valence-corrected chi connectivity index (χ3v) is 8.21. The van der Waals surface area contributed by atoms with E-state index in [1.165, 1.54) is 12.5 Å². The van der Waals surface area contributed by atoms with Gasteiger partial charge in [0.05, 0.1) is 18.8 Å². The zero-order chi connectivity index (χ0) is 31.5. The van der Waals surface area contributed by atoms with Crippen LogP contribution in [0.4, 0.5) is 8.78 Å². The second kappa shape index (κ2) is 16.8. The van der Waals surface area contributed by atoms with Crippen LogP contribution in [0.3, 0.4) is 0 Å². The number of benzene rings is 2. The van der Waals surface area contributed by atoms with Crippen LogP contribution in [0.1, 0.15) is 97.6 Å². The summed E-state index contributed by atoms with van der Waals surface area (Å²) in [5, 5.41) is 24.8. The van der Waals surface area contributed by atoms with Gasteiger partial charge in [0.15, 0.2) is 0 Å². The number of nitrogens with zero attached hydrogens (tertiary/aromatic N) is 1. The molecule has 0 aromatic heterocycles. The van der Waals surface area contributed by atoms with E-state index in [0.717, 1.165) is 56.7 Å². The minimum Gasteiger partial charge on any atom is -0.388 e. The van der Waals surface area contributed by atoms with Gasteiger partial charge >= 0.3 is 0 Å². The van der Waals surface area contributed by atoms with Crippen LogP contribution in [0, 0.1) is 24.5 Å². The summed E-state index contributed by atoms with van der Waals surface area (Å²) in [4.78, 5) is 28.5. The molecular formula is C34H48F2N2O5. The number of carbonyl (C=O) groups is 2. The van der Waals surface area contributed by atoms with Crippen molar-refractivity contribution < 1.29 is 33.3 Å². The Morgan fingerprint density at radius 1 is 0.953 bits per heavy atom. The average Bonchev–Trinajstić information content (AvgIpc) is 2.98. The van der Waals surface area contributed by atoms with Crippen LogP contribution in [0.25, 0.3) is 0 Å². The van der Waals surface area contributed by atoms with Crippen molar-refractivity contribution in [1.82, 2.24) is 10.2 Å². The average molecular weight is 603 g/mol. The van der Waals surface area contributed by atoms with Gasteiger partial charge in [-0.2, -0.15) is 0 Å². The first kappa shape index (κ1) is 34.6. The smallest absolute Gasteiger partial charge is 0.253 e. The first-order chi connectivity index (χ1) is 20.5. The summed E-state index contributed by atoms with van der Waals surface area (Å²) < 4.78 is 33.9. The SMILES string of the molecule is CCCN(CCC)C(=O)c1cc(C)cc(C(=O)N[C@@H](Cc2cc(F)cc(F)c2)[C@@H](O)[C@H](O)COC(C)C2CCCCC2)c1. The first-order valence-electron chi connectivity index (χ1n) is 15.7. The summed E-state index contributed by atoms with van der Waals surface area (Å²) in [6.45, 7) is 8.78. The number of carbonyl (C=O) groups excluding carboxylic acids is 2. The predicted molar refractivity (Wildman–Crippen MR) is 163 cm³/mol. The standard InChI is InChI=1S/C34H48F2N2O5/c1-5-12-38(13-6-2)34(42)27-15-22(3)14-26(19-27)33(41)37-30(18-24-16-28(35)20-29(36)17-24)32(40)31(39)21-43-23(4)25-10-8-7-9-11-25/h14-17,19-20,23,25,30-32,39-40H,5-13,18,21H2,1-4H3,(H,37,41)/t23?,30-,31+,32+/m0/s1. The van der Waals surface area contributed by atoms with Crippen molar-refractivity contribution in [2.45, 2.75) is 103 Å². The van der Waals surface area contributed by atoms with E-state index < -0.39 is 35.8 Å². The van der Waals surface area contributed by atoms with E-state index >= 15 is 0 Å². The molecule has 0 aliphatic heterocycles. The van der Waals surface area contributed by atoms with Crippen molar-refractivity contribution in [2.24, 2.45) is 5.92 Å². The monoisotopic (exact) mass is 602 g/mol. The molecule has 0 radical (unpaired) electrons. The molecule has 2 aromatic carbocycles. The number of aliphatic hydroxyl groups excluding tert-OH is 2. The summed E-state index contributed by atoms with van der Waals surface area (Å²) in [6, 6.07) is 6.77. The Labute approximate surface area is 254 Å². The summed E-state index contributed by atoms with van der Waals surface area (Å²) in [7, 11) is 0. The molecule has 3 N–H and O–H groups in total.